The molecule has 0 amide bonds. The number of aliphatic carboxylic acids is 1. The Balaban J connectivity index is 3.40. The molecule has 0 aromatic heterocycles. The molecule has 0 spiro atoms. The van der Waals surface area contributed by atoms with Crippen molar-refractivity contribution < 1.29 is 48.0 Å². The molecule has 3 N–H and O–H groups in total. The van der Waals surface area contributed by atoms with Crippen molar-refractivity contribution >= 4 is 24.2 Å². The lowest BCUT2D eigenvalue weighted by atomic mass is 9.87. The van der Waals surface area contributed by atoms with Crippen LogP contribution in [0, 0.1) is 0 Å². The number of carboxylic acid groups (broad SMARTS) is 1. The predicted octanol–water partition coefficient (Wildman–Crippen LogP) is 6.10. The molecule has 3 atom stereocenters. The number of unbranched alkanes of at least 4 members (excludes halogenated alkanes) is 1. The Kier molecular flexibility index (Phi) is 13.4. The summed E-state index contributed by atoms with van der Waals surface area (Å²) in [6.45, 7) is 14.1. The maximum atomic E-state index is 12.6. The van der Waals surface area contributed by atoms with E-state index in [-0.39, 0.29) is 30.3 Å². The number of hydrogen-bond donors (Lipinski definition) is 2. The third-order valence-electron chi connectivity index (χ3n) is 6.58. The molecule has 0 saturated carbocycles. The summed E-state index contributed by atoms with van der Waals surface area (Å²) in [7, 11) is 0. The number of carboxylic acids is 1. The van der Waals surface area contributed by atoms with E-state index in [9.17, 15) is 24.3 Å². The van der Waals surface area contributed by atoms with Crippen LogP contribution >= 0.6 is 0 Å². The van der Waals surface area contributed by atoms with Crippen LogP contribution in [0.25, 0.3) is 0 Å². The number of rotatable bonds is 15. The average Bonchev–Trinajstić information content (AvgIpc) is 2.85. The van der Waals surface area contributed by atoms with Gasteiger partial charge >= 0.3 is 24.2 Å². The van der Waals surface area contributed by atoms with E-state index in [0.717, 1.165) is 6.42 Å². The predicted molar refractivity (Wildman–Crippen MR) is 147 cm³/mol. The minimum absolute atomic E-state index is 0.0744. The third kappa shape index (κ3) is 11.8. The van der Waals surface area contributed by atoms with Crippen LogP contribution in [0.1, 0.15) is 105 Å². The van der Waals surface area contributed by atoms with Crippen LogP contribution in [0.3, 0.4) is 0 Å². The van der Waals surface area contributed by atoms with E-state index >= 15 is 0 Å². The molecule has 0 bridgehead atoms. The fourth-order valence-electron chi connectivity index (χ4n) is 3.41. The van der Waals surface area contributed by atoms with E-state index in [1.165, 1.54) is 18.2 Å². The van der Waals surface area contributed by atoms with Crippen LogP contribution in [-0.4, -0.2) is 52.7 Å². The fraction of sp³-hybridized carbons (Fsp3) is 0.655. The molecule has 2 unspecified atom stereocenters. The van der Waals surface area contributed by atoms with Gasteiger partial charge in [0.05, 0.1) is 6.10 Å². The monoisotopic (exact) mass is 567 g/mol. The molecule has 40 heavy (non-hydrogen) atoms. The van der Waals surface area contributed by atoms with Crippen molar-refractivity contribution in [2.24, 2.45) is 5.73 Å². The normalized spacial score (nSPS) is 13.9. The van der Waals surface area contributed by atoms with Gasteiger partial charge in [0.1, 0.15) is 17.2 Å². The highest BCUT2D eigenvalue weighted by molar-refractivity contribution is 5.75. The van der Waals surface area contributed by atoms with Gasteiger partial charge in [-0.1, -0.05) is 33.3 Å². The number of benzene rings is 1. The van der Waals surface area contributed by atoms with E-state index in [2.05, 4.69) is 0 Å². The Bertz CT molecular complexity index is 1020. The van der Waals surface area contributed by atoms with Gasteiger partial charge in [-0.2, -0.15) is 0 Å². The summed E-state index contributed by atoms with van der Waals surface area (Å²) in [5.74, 6) is -2.85. The van der Waals surface area contributed by atoms with Gasteiger partial charge in [0.2, 0.25) is 0 Å². The number of esters is 1. The van der Waals surface area contributed by atoms with Crippen LogP contribution in [-0.2, 0) is 23.8 Å². The zero-order chi connectivity index (χ0) is 30.7. The van der Waals surface area contributed by atoms with Gasteiger partial charge in [-0.25, -0.2) is 9.59 Å². The average molecular weight is 568 g/mol. The summed E-state index contributed by atoms with van der Waals surface area (Å²) in [4.78, 5) is 49.1. The van der Waals surface area contributed by atoms with Crippen LogP contribution < -0.4 is 15.2 Å². The van der Waals surface area contributed by atoms with E-state index in [4.69, 9.17) is 29.4 Å². The molecule has 0 aliphatic heterocycles. The van der Waals surface area contributed by atoms with Crippen LogP contribution in [0.4, 0.5) is 9.59 Å². The van der Waals surface area contributed by atoms with Crippen molar-refractivity contribution in [1.82, 2.24) is 0 Å². The molecular formula is C29H45NO10. The van der Waals surface area contributed by atoms with E-state index in [1.54, 1.807) is 34.6 Å². The van der Waals surface area contributed by atoms with E-state index < -0.39 is 47.5 Å². The largest absolute Gasteiger partial charge is 0.514 e. The SMILES string of the molecule is CCCCC(=O)OC(C)CC(c1ccc(OC(=O)OC(C)(C)CC)c(OC(=O)OC(C)(C)CC)c1)[C@H](N)C(=O)O. The summed E-state index contributed by atoms with van der Waals surface area (Å²) in [6.07, 6.45) is 0.149. The summed E-state index contributed by atoms with van der Waals surface area (Å²) in [5.41, 5.74) is 4.76. The maximum Gasteiger partial charge on any atom is 0.514 e. The maximum absolute atomic E-state index is 12.6. The van der Waals surface area contributed by atoms with Crippen LogP contribution in [0.15, 0.2) is 18.2 Å². The topological polar surface area (TPSA) is 161 Å². The van der Waals surface area contributed by atoms with Gasteiger partial charge in [0, 0.05) is 12.3 Å². The molecule has 1 rings (SSSR count). The minimum Gasteiger partial charge on any atom is -0.480 e. The van der Waals surface area contributed by atoms with Crippen molar-refractivity contribution in [2.75, 3.05) is 0 Å². The first kappa shape index (κ1) is 34.7. The second-order valence-electron chi connectivity index (χ2n) is 11.0. The Labute approximate surface area is 236 Å². The van der Waals surface area contributed by atoms with Gasteiger partial charge in [-0.05, 0) is 78.0 Å². The molecule has 0 heterocycles. The number of ether oxygens (including phenoxy) is 5. The van der Waals surface area contributed by atoms with Crippen LogP contribution in [0.2, 0.25) is 0 Å². The van der Waals surface area contributed by atoms with Crippen molar-refractivity contribution in [3.63, 3.8) is 0 Å². The minimum atomic E-state index is -1.38. The van der Waals surface area contributed by atoms with Crippen molar-refractivity contribution in [3.8, 4) is 11.5 Å². The number of carbonyl (C=O) groups is 4. The molecule has 11 heteroatoms. The second kappa shape index (κ2) is 15.4. The number of carbonyl (C=O) groups excluding carboxylic acids is 3. The summed E-state index contributed by atoms with van der Waals surface area (Å²) < 4.78 is 26.9. The summed E-state index contributed by atoms with van der Waals surface area (Å²) in [6, 6.07) is 2.83. The lowest BCUT2D eigenvalue weighted by Crippen LogP contribution is -2.38. The zero-order valence-corrected chi connectivity index (χ0v) is 24.9. The quantitative estimate of drug-likeness (QED) is 0.143. The molecule has 11 nitrogen and oxygen atoms in total. The van der Waals surface area contributed by atoms with Gasteiger partial charge in [-0.15, -0.1) is 0 Å². The lowest BCUT2D eigenvalue weighted by Gasteiger charge is -2.26. The van der Waals surface area contributed by atoms with Gasteiger partial charge < -0.3 is 34.5 Å². The van der Waals surface area contributed by atoms with Gasteiger partial charge in [-0.3, -0.25) is 9.59 Å². The van der Waals surface area contributed by atoms with Crippen LogP contribution in [0.5, 0.6) is 11.5 Å². The summed E-state index contributed by atoms with van der Waals surface area (Å²) >= 11 is 0. The first-order valence-electron chi connectivity index (χ1n) is 13.7. The molecule has 1 aromatic rings. The van der Waals surface area contributed by atoms with Crippen molar-refractivity contribution in [1.29, 1.82) is 0 Å². The lowest BCUT2D eigenvalue weighted by molar-refractivity contribution is -0.149. The molecule has 1 aromatic carbocycles. The Hall–Kier alpha value is -3.34. The van der Waals surface area contributed by atoms with E-state index in [1.807, 2.05) is 20.8 Å². The highest BCUT2D eigenvalue weighted by Gasteiger charge is 2.31. The first-order chi connectivity index (χ1) is 18.5. The van der Waals surface area contributed by atoms with Gasteiger partial charge in [0.25, 0.3) is 0 Å². The Morgan fingerprint density at radius 1 is 0.900 bits per heavy atom. The molecule has 0 fully saturated rings. The Morgan fingerprint density at radius 2 is 1.43 bits per heavy atom. The Morgan fingerprint density at radius 3 is 1.90 bits per heavy atom. The first-order valence-corrected chi connectivity index (χ1v) is 13.7. The molecule has 226 valence electrons. The van der Waals surface area contributed by atoms with E-state index in [0.29, 0.717) is 24.8 Å². The number of nitrogens with two attached hydrogens (primary N) is 1. The molecular weight excluding hydrogens is 522 g/mol. The molecule has 0 radical (unpaired) electrons. The standard InChI is InChI=1S/C29H45NO10/c1-9-12-13-23(31)36-18(4)16-20(24(30)25(32)33)19-14-15-21(37-26(34)39-28(5,6)10-2)22(17-19)38-27(35)40-29(7,8)11-3/h14-15,17-18,20,24H,9-13,16,30H2,1-8H3,(H,32,33)/t18?,20?,24-/m0/s1. The molecule has 0 saturated heterocycles. The highest BCUT2D eigenvalue weighted by atomic mass is 16.8. The van der Waals surface area contributed by atoms with Crippen molar-refractivity contribution in [3.05, 3.63) is 23.8 Å². The molecule has 0 aliphatic rings. The smallest absolute Gasteiger partial charge is 0.480 e. The summed E-state index contributed by atoms with van der Waals surface area (Å²) in [5, 5.41) is 9.68. The number of hydrogen-bond acceptors (Lipinski definition) is 10. The third-order valence-corrected chi connectivity index (χ3v) is 6.58. The fourth-order valence-corrected chi connectivity index (χ4v) is 3.41. The highest BCUT2D eigenvalue weighted by Crippen LogP contribution is 2.35. The molecule has 0 aliphatic carbocycles. The van der Waals surface area contributed by atoms with Gasteiger partial charge in [0.15, 0.2) is 11.5 Å². The van der Waals surface area contributed by atoms with Crippen molar-refractivity contribution in [2.45, 2.75) is 123 Å². The second-order valence-corrected chi connectivity index (χ2v) is 11.0. The zero-order valence-electron chi connectivity index (χ0n) is 24.9.